The summed E-state index contributed by atoms with van der Waals surface area (Å²) < 4.78 is 0.819. The van der Waals surface area contributed by atoms with Gasteiger partial charge in [-0.15, -0.1) is 6.58 Å². The Hall–Kier alpha value is -0.670. The predicted octanol–water partition coefficient (Wildman–Crippen LogP) is 2.42. The van der Waals surface area contributed by atoms with Gasteiger partial charge in [-0.25, -0.2) is 4.98 Å². The SMILES string of the molecule is C=CC[C@H](N)c1cccc(Br)n1. The number of aromatic nitrogens is 1. The van der Waals surface area contributed by atoms with E-state index in [4.69, 9.17) is 5.73 Å². The van der Waals surface area contributed by atoms with Crippen LogP contribution in [-0.4, -0.2) is 4.98 Å². The highest BCUT2D eigenvalue weighted by Gasteiger charge is 2.04. The Morgan fingerprint density at radius 2 is 2.42 bits per heavy atom. The maximum absolute atomic E-state index is 5.82. The topological polar surface area (TPSA) is 38.9 Å². The fourth-order valence-corrected chi connectivity index (χ4v) is 1.29. The molecule has 0 unspecified atom stereocenters. The largest absolute Gasteiger partial charge is 0.322 e. The lowest BCUT2D eigenvalue weighted by Crippen LogP contribution is -2.10. The van der Waals surface area contributed by atoms with Crippen LogP contribution in [0, 0.1) is 0 Å². The summed E-state index contributed by atoms with van der Waals surface area (Å²) in [7, 11) is 0. The molecule has 0 aliphatic rings. The molecule has 1 aromatic rings. The summed E-state index contributed by atoms with van der Waals surface area (Å²) in [5.74, 6) is 0. The Kier molecular flexibility index (Phi) is 3.44. The molecule has 2 nitrogen and oxygen atoms in total. The zero-order chi connectivity index (χ0) is 8.97. The summed E-state index contributed by atoms with van der Waals surface area (Å²) in [5.41, 5.74) is 6.71. The number of nitrogens with two attached hydrogens (primary N) is 1. The third-order valence-electron chi connectivity index (χ3n) is 1.54. The molecule has 1 rings (SSSR count). The van der Waals surface area contributed by atoms with Crippen molar-refractivity contribution < 1.29 is 0 Å². The van der Waals surface area contributed by atoms with Crippen molar-refractivity contribution in [2.75, 3.05) is 0 Å². The second-order valence-electron chi connectivity index (χ2n) is 2.52. The van der Waals surface area contributed by atoms with Crippen molar-refractivity contribution in [2.24, 2.45) is 5.73 Å². The average molecular weight is 227 g/mol. The van der Waals surface area contributed by atoms with Gasteiger partial charge in [0.2, 0.25) is 0 Å². The minimum absolute atomic E-state index is 0.0417. The number of hydrogen-bond acceptors (Lipinski definition) is 2. The molecule has 0 saturated heterocycles. The molecule has 12 heavy (non-hydrogen) atoms. The second kappa shape index (κ2) is 4.38. The first kappa shape index (κ1) is 9.42. The molecule has 0 aliphatic heterocycles. The summed E-state index contributed by atoms with van der Waals surface area (Å²) in [4.78, 5) is 4.24. The molecule has 0 saturated carbocycles. The van der Waals surface area contributed by atoms with Crippen molar-refractivity contribution in [3.63, 3.8) is 0 Å². The zero-order valence-electron chi connectivity index (χ0n) is 6.70. The van der Waals surface area contributed by atoms with Crippen LogP contribution in [0.15, 0.2) is 35.5 Å². The van der Waals surface area contributed by atoms with Crippen molar-refractivity contribution in [1.29, 1.82) is 0 Å². The standard InChI is InChI=1S/C9H11BrN2/c1-2-4-7(11)8-5-3-6-9(10)12-8/h2-3,5-7H,1,4,11H2/t7-/m0/s1. The molecule has 0 radical (unpaired) electrons. The molecule has 0 fully saturated rings. The summed E-state index contributed by atoms with van der Waals surface area (Å²) in [5, 5.41) is 0. The fraction of sp³-hybridized carbons (Fsp3) is 0.222. The average Bonchev–Trinajstić information content (AvgIpc) is 2.05. The summed E-state index contributed by atoms with van der Waals surface area (Å²) in [6, 6.07) is 5.68. The first-order chi connectivity index (χ1) is 5.74. The molecule has 1 atom stereocenters. The Balaban J connectivity index is 2.80. The van der Waals surface area contributed by atoms with Crippen molar-refractivity contribution in [1.82, 2.24) is 4.98 Å². The first-order valence-electron chi connectivity index (χ1n) is 3.73. The number of hydrogen-bond donors (Lipinski definition) is 1. The van der Waals surface area contributed by atoms with Gasteiger partial charge in [-0.3, -0.25) is 0 Å². The zero-order valence-corrected chi connectivity index (χ0v) is 8.29. The van der Waals surface area contributed by atoms with Gasteiger partial charge in [0.25, 0.3) is 0 Å². The second-order valence-corrected chi connectivity index (χ2v) is 3.33. The van der Waals surface area contributed by atoms with E-state index in [0.717, 1.165) is 16.7 Å². The van der Waals surface area contributed by atoms with Crippen LogP contribution < -0.4 is 5.73 Å². The molecule has 0 bridgehead atoms. The van der Waals surface area contributed by atoms with Crippen LogP contribution in [0.1, 0.15) is 18.2 Å². The van der Waals surface area contributed by atoms with Gasteiger partial charge in [0.15, 0.2) is 0 Å². The third kappa shape index (κ3) is 2.43. The summed E-state index contributed by atoms with van der Waals surface area (Å²) in [6.07, 6.45) is 2.55. The van der Waals surface area contributed by atoms with Crippen molar-refractivity contribution in [3.8, 4) is 0 Å². The van der Waals surface area contributed by atoms with E-state index in [-0.39, 0.29) is 6.04 Å². The van der Waals surface area contributed by atoms with Gasteiger partial charge in [0.05, 0.1) is 11.7 Å². The van der Waals surface area contributed by atoms with Gasteiger partial charge in [-0.05, 0) is 34.5 Å². The van der Waals surface area contributed by atoms with Gasteiger partial charge in [-0.2, -0.15) is 0 Å². The number of rotatable bonds is 3. The van der Waals surface area contributed by atoms with Crippen LogP contribution in [0.4, 0.5) is 0 Å². The van der Waals surface area contributed by atoms with E-state index < -0.39 is 0 Å². The van der Waals surface area contributed by atoms with E-state index in [1.807, 2.05) is 18.2 Å². The quantitative estimate of drug-likeness (QED) is 0.636. The molecule has 0 spiro atoms. The van der Waals surface area contributed by atoms with Gasteiger partial charge >= 0.3 is 0 Å². The number of halogens is 1. The highest BCUT2D eigenvalue weighted by molar-refractivity contribution is 9.10. The molecule has 64 valence electrons. The molecule has 0 aliphatic carbocycles. The van der Waals surface area contributed by atoms with Crippen molar-refractivity contribution in [3.05, 3.63) is 41.2 Å². The minimum atomic E-state index is -0.0417. The lowest BCUT2D eigenvalue weighted by molar-refractivity contribution is 0.711. The van der Waals surface area contributed by atoms with Crippen LogP contribution in [0.3, 0.4) is 0 Å². The lowest BCUT2D eigenvalue weighted by Gasteiger charge is -2.07. The molecular formula is C9H11BrN2. The number of nitrogens with zero attached hydrogens (tertiary/aromatic N) is 1. The van der Waals surface area contributed by atoms with E-state index >= 15 is 0 Å². The van der Waals surface area contributed by atoms with Crippen molar-refractivity contribution >= 4 is 15.9 Å². The molecule has 0 amide bonds. The Bertz CT molecular complexity index is 273. The van der Waals surface area contributed by atoms with E-state index in [1.54, 1.807) is 6.08 Å². The molecule has 1 aromatic heterocycles. The smallest absolute Gasteiger partial charge is 0.106 e. The summed E-state index contributed by atoms with van der Waals surface area (Å²) >= 11 is 3.29. The maximum atomic E-state index is 5.82. The Labute approximate surface area is 80.6 Å². The number of pyridine rings is 1. The molecule has 0 aromatic carbocycles. The van der Waals surface area contributed by atoms with Crippen molar-refractivity contribution in [2.45, 2.75) is 12.5 Å². The van der Waals surface area contributed by atoms with Gasteiger partial charge in [0, 0.05) is 0 Å². The van der Waals surface area contributed by atoms with E-state index in [2.05, 4.69) is 27.5 Å². The van der Waals surface area contributed by atoms with E-state index in [9.17, 15) is 0 Å². The lowest BCUT2D eigenvalue weighted by atomic mass is 10.1. The van der Waals surface area contributed by atoms with Crippen LogP contribution in [0.2, 0.25) is 0 Å². The summed E-state index contributed by atoms with van der Waals surface area (Å²) in [6.45, 7) is 3.63. The van der Waals surface area contributed by atoms with Gasteiger partial charge < -0.3 is 5.73 Å². The monoisotopic (exact) mass is 226 g/mol. The van der Waals surface area contributed by atoms with Gasteiger partial charge in [-0.1, -0.05) is 12.1 Å². The normalized spacial score (nSPS) is 12.5. The molecule has 1 heterocycles. The van der Waals surface area contributed by atoms with Crippen LogP contribution in [0.5, 0.6) is 0 Å². The molecule has 3 heteroatoms. The minimum Gasteiger partial charge on any atom is -0.322 e. The molecule has 2 N–H and O–H groups in total. The van der Waals surface area contributed by atoms with Crippen LogP contribution in [-0.2, 0) is 0 Å². The molecular weight excluding hydrogens is 216 g/mol. The third-order valence-corrected chi connectivity index (χ3v) is 1.98. The van der Waals surface area contributed by atoms with E-state index in [0.29, 0.717) is 0 Å². The first-order valence-corrected chi connectivity index (χ1v) is 4.52. The highest BCUT2D eigenvalue weighted by atomic mass is 79.9. The van der Waals surface area contributed by atoms with Gasteiger partial charge in [0.1, 0.15) is 4.60 Å². The van der Waals surface area contributed by atoms with Crippen LogP contribution in [0.25, 0.3) is 0 Å². The predicted molar refractivity (Wildman–Crippen MR) is 53.7 cm³/mol. The highest BCUT2D eigenvalue weighted by Crippen LogP contribution is 2.14. The Morgan fingerprint density at radius 3 is 3.00 bits per heavy atom. The van der Waals surface area contributed by atoms with E-state index in [1.165, 1.54) is 0 Å². The van der Waals surface area contributed by atoms with Crippen LogP contribution >= 0.6 is 15.9 Å². The fourth-order valence-electron chi connectivity index (χ4n) is 0.931. The Morgan fingerprint density at radius 1 is 1.67 bits per heavy atom. The maximum Gasteiger partial charge on any atom is 0.106 e.